The summed E-state index contributed by atoms with van der Waals surface area (Å²) in [6.07, 6.45) is 0. The summed E-state index contributed by atoms with van der Waals surface area (Å²) in [4.78, 5) is 0. The minimum atomic E-state index is 0. The molecule has 0 aliphatic heterocycles. The van der Waals surface area contributed by atoms with Gasteiger partial charge in [-0.25, -0.2) is 0 Å². The molecular weight excluding hydrogens is 268 g/mol. The van der Waals surface area contributed by atoms with E-state index in [9.17, 15) is 0 Å². The zero-order valence-electron chi connectivity index (χ0n) is 13.8. The van der Waals surface area contributed by atoms with Crippen LogP contribution in [0.3, 0.4) is 0 Å². The second kappa shape index (κ2) is 42.7. The molecule has 0 saturated carbocycles. The lowest BCUT2D eigenvalue weighted by Crippen LogP contribution is -1.47. The van der Waals surface area contributed by atoms with Gasteiger partial charge >= 0.3 is 0 Å². The van der Waals surface area contributed by atoms with Gasteiger partial charge < -0.3 is 0 Å². The van der Waals surface area contributed by atoms with Gasteiger partial charge in [-0.05, 0) is 0 Å². The van der Waals surface area contributed by atoms with Crippen molar-refractivity contribution in [1.29, 1.82) is 0 Å². The largest absolute Gasteiger partial charge is 0.198 e. The molecule has 0 N–H and O–H groups in total. The van der Waals surface area contributed by atoms with Crippen LogP contribution < -0.4 is 0 Å². The maximum Gasteiger partial charge on any atom is 0.0487 e. The zero-order chi connectivity index (χ0) is 15.9. The van der Waals surface area contributed by atoms with Gasteiger partial charge in [0.25, 0.3) is 0 Å². The van der Waals surface area contributed by atoms with Crippen molar-refractivity contribution in [3.63, 3.8) is 0 Å². The first-order chi connectivity index (χ1) is 9.91. The van der Waals surface area contributed by atoms with Crippen LogP contribution >= 0.6 is 0 Å². The monoisotopic (exact) mass is 306 g/mol. The van der Waals surface area contributed by atoms with Gasteiger partial charge in [-0.2, -0.15) is 10.2 Å². The van der Waals surface area contributed by atoms with Crippen LogP contribution in [0.15, 0.2) is 83.0 Å². The molecule has 2 aromatic carbocycles. The number of nitrogens with zero attached hydrogens (tertiary/aromatic N) is 2. The maximum atomic E-state index is 3.36. The average molecular weight is 307 g/mol. The minimum Gasteiger partial charge on any atom is -0.198 e. The van der Waals surface area contributed by atoms with E-state index in [0.29, 0.717) is 0 Å². The molecule has 0 aromatic heterocycles. The van der Waals surface area contributed by atoms with Gasteiger partial charge in [0.1, 0.15) is 0 Å². The van der Waals surface area contributed by atoms with E-state index in [-0.39, 0.29) is 14.9 Å². The fourth-order valence-electron chi connectivity index (χ4n) is 0.770. The molecule has 2 nitrogen and oxygen atoms in total. The first-order valence-electron chi connectivity index (χ1n) is 7.09. The number of rotatable bonds is 0. The Kier molecular flexibility index (Phi) is 62.4. The standard InChI is InChI=1S/2C6H6.C2H6N2.2C2H6.2CH4/c2*1-2-4-6-5-3-1;1-3-4-2;2*1-2;;/h2*1-6H;1-2H3;2*1-2H3;2*1H4. The Labute approximate surface area is 140 Å². The summed E-state index contributed by atoms with van der Waals surface area (Å²) in [5.41, 5.74) is 0. The summed E-state index contributed by atoms with van der Waals surface area (Å²) in [6.45, 7) is 8.00. The molecular formula is C20H38N2. The summed E-state index contributed by atoms with van der Waals surface area (Å²) in [7, 11) is 3.28. The summed E-state index contributed by atoms with van der Waals surface area (Å²) in [5.74, 6) is 0. The van der Waals surface area contributed by atoms with Crippen LogP contribution in [0.25, 0.3) is 0 Å². The predicted molar refractivity (Wildman–Crippen MR) is 106 cm³/mol. The van der Waals surface area contributed by atoms with Crippen molar-refractivity contribution in [2.45, 2.75) is 42.5 Å². The second-order valence-electron chi connectivity index (χ2n) is 2.71. The van der Waals surface area contributed by atoms with Crippen LogP contribution in [0, 0.1) is 0 Å². The Morgan fingerprint density at radius 2 is 0.455 bits per heavy atom. The van der Waals surface area contributed by atoms with Gasteiger partial charge in [0, 0.05) is 14.1 Å². The molecule has 0 radical (unpaired) electrons. The SMILES string of the molecule is C.C.CC.CC.CN=NC.c1ccccc1.c1ccccc1. The van der Waals surface area contributed by atoms with Gasteiger partial charge in [0.05, 0.1) is 0 Å². The highest BCUT2D eigenvalue weighted by atomic mass is 15.0. The third kappa shape index (κ3) is 43.0. The van der Waals surface area contributed by atoms with Crippen molar-refractivity contribution in [3.05, 3.63) is 72.8 Å². The number of hydrogen-bond acceptors (Lipinski definition) is 2. The van der Waals surface area contributed by atoms with Gasteiger partial charge in [0.15, 0.2) is 0 Å². The quantitative estimate of drug-likeness (QED) is 0.453. The molecule has 0 heterocycles. The Bertz CT molecular complexity index is 242. The molecule has 0 bridgehead atoms. The molecule has 22 heavy (non-hydrogen) atoms. The Balaban J connectivity index is -0.0000000576. The lowest BCUT2D eigenvalue weighted by Gasteiger charge is -1.69. The van der Waals surface area contributed by atoms with Gasteiger partial charge in [-0.3, -0.25) is 0 Å². The van der Waals surface area contributed by atoms with Crippen LogP contribution in [-0.2, 0) is 0 Å². The molecule has 2 heteroatoms. The number of benzene rings is 2. The highest BCUT2D eigenvalue weighted by molar-refractivity contribution is 4.99. The third-order valence-corrected chi connectivity index (χ3v) is 1.53. The first kappa shape index (κ1) is 32.1. The van der Waals surface area contributed by atoms with Crippen LogP contribution in [-0.4, -0.2) is 14.1 Å². The van der Waals surface area contributed by atoms with E-state index >= 15 is 0 Å². The molecule has 128 valence electrons. The topological polar surface area (TPSA) is 24.7 Å². The van der Waals surface area contributed by atoms with Crippen LogP contribution in [0.1, 0.15) is 42.5 Å². The van der Waals surface area contributed by atoms with Gasteiger partial charge in [-0.1, -0.05) is 115 Å². The van der Waals surface area contributed by atoms with E-state index in [1.54, 1.807) is 14.1 Å². The highest BCUT2D eigenvalue weighted by Gasteiger charge is 1.58. The van der Waals surface area contributed by atoms with Gasteiger partial charge in [0.2, 0.25) is 0 Å². The van der Waals surface area contributed by atoms with Crippen molar-refractivity contribution in [1.82, 2.24) is 0 Å². The molecule has 2 rings (SSSR count). The number of azo groups is 1. The molecule has 2 aromatic rings. The summed E-state index contributed by atoms with van der Waals surface area (Å²) < 4.78 is 0. The van der Waals surface area contributed by atoms with E-state index in [0.717, 1.165) is 0 Å². The van der Waals surface area contributed by atoms with Crippen LogP contribution in [0.5, 0.6) is 0 Å². The predicted octanol–water partition coefficient (Wildman–Crippen LogP) is 7.40. The Morgan fingerprint density at radius 3 is 0.500 bits per heavy atom. The maximum absolute atomic E-state index is 3.36. The van der Waals surface area contributed by atoms with Crippen molar-refractivity contribution in [2.24, 2.45) is 10.2 Å². The van der Waals surface area contributed by atoms with Crippen molar-refractivity contribution >= 4 is 0 Å². The second-order valence-corrected chi connectivity index (χ2v) is 2.71. The zero-order valence-corrected chi connectivity index (χ0v) is 13.8. The molecule has 0 fully saturated rings. The number of hydrogen-bond donors (Lipinski definition) is 0. The van der Waals surface area contributed by atoms with E-state index in [2.05, 4.69) is 10.2 Å². The smallest absolute Gasteiger partial charge is 0.0487 e. The molecule has 0 amide bonds. The van der Waals surface area contributed by atoms with Crippen molar-refractivity contribution in [3.8, 4) is 0 Å². The summed E-state index contributed by atoms with van der Waals surface area (Å²) in [6, 6.07) is 24.0. The molecule has 0 aliphatic rings. The molecule has 0 spiro atoms. The summed E-state index contributed by atoms with van der Waals surface area (Å²) in [5, 5.41) is 6.72. The minimum absolute atomic E-state index is 0. The fraction of sp³-hybridized carbons (Fsp3) is 0.400. The van der Waals surface area contributed by atoms with E-state index in [1.165, 1.54) is 0 Å². The first-order valence-corrected chi connectivity index (χ1v) is 7.09. The van der Waals surface area contributed by atoms with E-state index < -0.39 is 0 Å². The molecule has 0 atom stereocenters. The summed E-state index contributed by atoms with van der Waals surface area (Å²) >= 11 is 0. The third-order valence-electron chi connectivity index (χ3n) is 1.53. The molecule has 0 saturated heterocycles. The van der Waals surface area contributed by atoms with Gasteiger partial charge in [-0.15, -0.1) is 0 Å². The van der Waals surface area contributed by atoms with Crippen LogP contribution in [0.2, 0.25) is 0 Å². The lowest BCUT2D eigenvalue weighted by atomic mass is 10.4. The average Bonchev–Trinajstić information content (AvgIpc) is 2.62. The lowest BCUT2D eigenvalue weighted by molar-refractivity contribution is 1.11. The van der Waals surface area contributed by atoms with Crippen molar-refractivity contribution in [2.75, 3.05) is 14.1 Å². The molecule has 0 unspecified atom stereocenters. The highest BCUT2D eigenvalue weighted by Crippen LogP contribution is 1.80. The Hall–Kier alpha value is -1.96. The van der Waals surface area contributed by atoms with Crippen molar-refractivity contribution < 1.29 is 0 Å². The normalized spacial score (nSPS) is 6.64. The van der Waals surface area contributed by atoms with Crippen LogP contribution in [0.4, 0.5) is 0 Å². The molecule has 0 aliphatic carbocycles. The van der Waals surface area contributed by atoms with E-state index in [4.69, 9.17) is 0 Å². The fourth-order valence-corrected chi connectivity index (χ4v) is 0.770. The Morgan fingerprint density at radius 1 is 0.364 bits per heavy atom. The van der Waals surface area contributed by atoms with E-state index in [1.807, 2.05) is 100 Å².